The lowest BCUT2D eigenvalue weighted by Crippen LogP contribution is -2.35. The zero-order valence-electron chi connectivity index (χ0n) is 13.5. The average Bonchev–Trinajstić information content (AvgIpc) is 2.51. The molecule has 8 heteroatoms. The largest absolute Gasteiger partial charge is 0.422 e. The molecule has 0 bridgehead atoms. The minimum absolute atomic E-state index is 0. The second kappa shape index (κ2) is 9.78. The van der Waals surface area contributed by atoms with Gasteiger partial charge in [-0.05, 0) is 30.7 Å². The van der Waals surface area contributed by atoms with Crippen molar-refractivity contribution < 1.29 is 13.9 Å². The number of carbonyl (C=O) groups excluding carboxylic acids is 1. The highest BCUT2D eigenvalue weighted by molar-refractivity contribution is 9.10. The molecule has 24 heavy (non-hydrogen) atoms. The molecular formula is C16H20BrClN2O4. The first-order valence-corrected chi connectivity index (χ1v) is 8.04. The number of fused-ring (bicyclic) bond motifs is 1. The SMILES string of the molecule is COCCNCCNC(=O)c1c(C)c2cc(Br)ccc2oc1=O.Cl. The van der Waals surface area contributed by atoms with E-state index in [1.54, 1.807) is 26.2 Å². The van der Waals surface area contributed by atoms with Gasteiger partial charge in [-0.15, -0.1) is 12.4 Å². The second-order valence-electron chi connectivity index (χ2n) is 5.03. The van der Waals surface area contributed by atoms with Crippen LogP contribution in [0.2, 0.25) is 0 Å². The summed E-state index contributed by atoms with van der Waals surface area (Å²) in [6.45, 7) is 4.07. The zero-order valence-corrected chi connectivity index (χ0v) is 15.9. The molecule has 0 aliphatic carbocycles. The van der Waals surface area contributed by atoms with Crippen LogP contribution >= 0.6 is 28.3 Å². The maximum atomic E-state index is 12.3. The molecule has 1 amide bonds. The van der Waals surface area contributed by atoms with Crippen molar-refractivity contribution in [3.8, 4) is 0 Å². The molecular weight excluding hydrogens is 400 g/mol. The molecule has 0 unspecified atom stereocenters. The van der Waals surface area contributed by atoms with Gasteiger partial charge in [0, 0.05) is 36.6 Å². The van der Waals surface area contributed by atoms with Crippen molar-refractivity contribution in [1.29, 1.82) is 0 Å². The van der Waals surface area contributed by atoms with Crippen LogP contribution in [0.4, 0.5) is 0 Å². The van der Waals surface area contributed by atoms with Crippen LogP contribution in [0.5, 0.6) is 0 Å². The van der Waals surface area contributed by atoms with Crippen molar-refractivity contribution in [1.82, 2.24) is 10.6 Å². The van der Waals surface area contributed by atoms with E-state index in [0.29, 0.717) is 37.4 Å². The number of aryl methyl sites for hydroxylation is 1. The third-order valence-electron chi connectivity index (χ3n) is 3.42. The minimum atomic E-state index is -0.623. The Balaban J connectivity index is 0.00000288. The number of hydrogen-bond donors (Lipinski definition) is 2. The standard InChI is InChI=1S/C16H19BrN2O4.ClH/c1-10-12-9-11(17)3-4-13(12)23-16(21)14(10)15(20)19-6-5-18-7-8-22-2;/h3-4,9,18H,5-8H2,1-2H3,(H,19,20);1H. The van der Waals surface area contributed by atoms with Crippen molar-refractivity contribution in [3.05, 3.63) is 44.2 Å². The molecule has 1 aromatic heterocycles. The van der Waals surface area contributed by atoms with E-state index in [2.05, 4.69) is 26.6 Å². The number of amides is 1. The molecule has 0 fully saturated rings. The molecule has 1 heterocycles. The van der Waals surface area contributed by atoms with Crippen LogP contribution in [0.25, 0.3) is 11.0 Å². The summed E-state index contributed by atoms with van der Waals surface area (Å²) in [5, 5.41) is 6.57. The van der Waals surface area contributed by atoms with Crippen LogP contribution in [0.3, 0.4) is 0 Å². The van der Waals surface area contributed by atoms with E-state index in [1.165, 1.54) is 0 Å². The lowest BCUT2D eigenvalue weighted by Gasteiger charge is -2.09. The number of rotatable bonds is 7. The summed E-state index contributed by atoms with van der Waals surface area (Å²) in [6.07, 6.45) is 0. The van der Waals surface area contributed by atoms with Gasteiger partial charge in [0.15, 0.2) is 0 Å². The lowest BCUT2D eigenvalue weighted by molar-refractivity contribution is 0.0949. The van der Waals surface area contributed by atoms with E-state index >= 15 is 0 Å². The van der Waals surface area contributed by atoms with Crippen molar-refractivity contribution in [3.63, 3.8) is 0 Å². The quantitative estimate of drug-likeness (QED) is 0.531. The van der Waals surface area contributed by atoms with Gasteiger partial charge in [-0.1, -0.05) is 15.9 Å². The molecule has 2 aromatic rings. The molecule has 0 spiro atoms. The van der Waals surface area contributed by atoms with Crippen LogP contribution in [0, 0.1) is 6.92 Å². The molecule has 132 valence electrons. The molecule has 0 aliphatic rings. The molecule has 0 saturated heterocycles. The second-order valence-corrected chi connectivity index (χ2v) is 5.94. The number of carbonyl (C=O) groups is 1. The Morgan fingerprint density at radius 2 is 2.04 bits per heavy atom. The summed E-state index contributed by atoms with van der Waals surface area (Å²) in [6, 6.07) is 5.32. The Labute approximate surface area is 154 Å². The minimum Gasteiger partial charge on any atom is -0.422 e. The van der Waals surface area contributed by atoms with Crippen LogP contribution < -0.4 is 16.3 Å². The fourth-order valence-corrected chi connectivity index (χ4v) is 2.60. The van der Waals surface area contributed by atoms with E-state index in [4.69, 9.17) is 9.15 Å². The average molecular weight is 420 g/mol. The highest BCUT2D eigenvalue weighted by Gasteiger charge is 2.18. The molecule has 1 aromatic carbocycles. The number of methoxy groups -OCH3 is 1. The number of halogens is 2. The predicted octanol–water partition coefficient (Wildman–Crippen LogP) is 2.25. The van der Waals surface area contributed by atoms with Crippen molar-refractivity contribution in [2.45, 2.75) is 6.92 Å². The molecule has 0 aliphatic heterocycles. The summed E-state index contributed by atoms with van der Waals surface area (Å²) in [5.41, 5.74) is 0.505. The van der Waals surface area contributed by atoms with Gasteiger partial charge in [0.1, 0.15) is 11.1 Å². The van der Waals surface area contributed by atoms with Crippen molar-refractivity contribution in [2.75, 3.05) is 33.4 Å². The van der Waals surface area contributed by atoms with E-state index in [1.807, 2.05) is 6.07 Å². The Morgan fingerprint density at radius 3 is 2.75 bits per heavy atom. The summed E-state index contributed by atoms with van der Waals surface area (Å²) in [7, 11) is 1.63. The molecule has 0 radical (unpaired) electrons. The normalized spacial score (nSPS) is 10.5. The van der Waals surface area contributed by atoms with Crippen LogP contribution in [0.1, 0.15) is 15.9 Å². The Morgan fingerprint density at radius 1 is 1.29 bits per heavy atom. The summed E-state index contributed by atoms with van der Waals surface area (Å²) >= 11 is 3.38. The monoisotopic (exact) mass is 418 g/mol. The van der Waals surface area contributed by atoms with E-state index in [9.17, 15) is 9.59 Å². The third-order valence-corrected chi connectivity index (χ3v) is 3.92. The Kier molecular flexibility index (Phi) is 8.41. The number of ether oxygens (including phenoxy) is 1. The zero-order chi connectivity index (χ0) is 16.8. The van der Waals surface area contributed by atoms with Gasteiger partial charge in [-0.25, -0.2) is 4.79 Å². The fraction of sp³-hybridized carbons (Fsp3) is 0.375. The number of hydrogen-bond acceptors (Lipinski definition) is 5. The number of nitrogens with one attached hydrogen (secondary N) is 2. The first-order chi connectivity index (χ1) is 11.0. The Bertz CT molecular complexity index is 764. The number of benzene rings is 1. The maximum absolute atomic E-state index is 12.3. The fourth-order valence-electron chi connectivity index (χ4n) is 2.24. The summed E-state index contributed by atoms with van der Waals surface area (Å²) in [4.78, 5) is 24.4. The van der Waals surface area contributed by atoms with E-state index in [-0.39, 0.29) is 18.0 Å². The van der Waals surface area contributed by atoms with E-state index in [0.717, 1.165) is 9.86 Å². The highest BCUT2D eigenvalue weighted by atomic mass is 79.9. The molecule has 2 rings (SSSR count). The molecule has 2 N–H and O–H groups in total. The van der Waals surface area contributed by atoms with Crippen LogP contribution in [0.15, 0.2) is 31.9 Å². The van der Waals surface area contributed by atoms with Gasteiger partial charge < -0.3 is 19.8 Å². The van der Waals surface area contributed by atoms with Gasteiger partial charge >= 0.3 is 5.63 Å². The topological polar surface area (TPSA) is 80.6 Å². The van der Waals surface area contributed by atoms with Gasteiger partial charge in [0.2, 0.25) is 0 Å². The van der Waals surface area contributed by atoms with E-state index < -0.39 is 11.5 Å². The highest BCUT2D eigenvalue weighted by Crippen LogP contribution is 2.23. The first-order valence-electron chi connectivity index (χ1n) is 7.25. The van der Waals surface area contributed by atoms with Crippen LogP contribution in [-0.4, -0.2) is 39.3 Å². The first kappa shape index (κ1) is 20.6. The summed E-state index contributed by atoms with van der Waals surface area (Å²) in [5.74, 6) is -0.424. The van der Waals surface area contributed by atoms with Crippen molar-refractivity contribution >= 4 is 45.2 Å². The van der Waals surface area contributed by atoms with Gasteiger partial charge in [0.05, 0.1) is 6.61 Å². The molecule has 0 atom stereocenters. The van der Waals surface area contributed by atoms with Crippen molar-refractivity contribution in [2.24, 2.45) is 0 Å². The van der Waals surface area contributed by atoms with Gasteiger partial charge in [-0.3, -0.25) is 4.79 Å². The lowest BCUT2D eigenvalue weighted by atomic mass is 10.1. The third kappa shape index (κ3) is 5.04. The smallest absolute Gasteiger partial charge is 0.349 e. The van der Waals surface area contributed by atoms with Gasteiger partial charge in [-0.2, -0.15) is 0 Å². The predicted molar refractivity (Wildman–Crippen MR) is 99.2 cm³/mol. The van der Waals surface area contributed by atoms with Gasteiger partial charge in [0.25, 0.3) is 5.91 Å². The maximum Gasteiger partial charge on any atom is 0.349 e. The van der Waals surface area contributed by atoms with Crippen LogP contribution in [-0.2, 0) is 4.74 Å². The summed E-state index contributed by atoms with van der Waals surface area (Å²) < 4.78 is 11.0. The Hall–Kier alpha value is -1.41. The molecule has 0 saturated carbocycles. The molecule has 6 nitrogen and oxygen atoms in total.